The largest absolute Gasteiger partial charge is 0.458 e. The van der Waals surface area contributed by atoms with Crippen LogP contribution in [0.1, 0.15) is 84.1 Å². The predicted molar refractivity (Wildman–Crippen MR) is 151 cm³/mol. The zero-order valence-electron chi connectivity index (χ0n) is 25.1. The van der Waals surface area contributed by atoms with Crippen molar-refractivity contribution in [1.82, 2.24) is 0 Å². The van der Waals surface area contributed by atoms with E-state index >= 15 is 0 Å². The number of carbonyl (C=O) groups is 1. The molecule has 0 radical (unpaired) electrons. The van der Waals surface area contributed by atoms with Crippen LogP contribution in [0.25, 0.3) is 0 Å². The molecule has 238 valence electrons. The van der Waals surface area contributed by atoms with Gasteiger partial charge in [-0.05, 0) is 79.9 Å². The fraction of sp³-hybridized carbons (Fsp3) is 0.750. The standard InChI is InChI=1S/C32H44O11/c1-16-25(35)26(36)27(37)28(41-16)43-19-7-10-29(3)21(13-19)22(42-17(2)33)14-31(38)23(29)9-11-30(4)20(8-12-32(30,31)39)18-5-6-24(34)40-15-18/h5-6,13,15-16,19-20,22-23,25-28,35-39H,7-12,14H2,1-4H3. The molecule has 4 aliphatic carbocycles. The van der Waals surface area contributed by atoms with Gasteiger partial charge in [-0.3, -0.25) is 4.79 Å². The Labute approximate surface area is 250 Å². The SMILES string of the molecule is CC(=O)OC1CC2(O)C(CCC3(C)C(c4ccc(=O)oc4)CCC32O)C2(C)CCC(OC3OC(C)C(O)C(O)C3O)C=C12. The number of ether oxygens (including phenoxy) is 3. The first-order chi connectivity index (χ1) is 20.1. The lowest BCUT2D eigenvalue weighted by atomic mass is 9.42. The Kier molecular flexibility index (Phi) is 7.52. The lowest BCUT2D eigenvalue weighted by molar-refractivity contribution is -0.304. The quantitative estimate of drug-likeness (QED) is 0.250. The van der Waals surface area contributed by atoms with Crippen molar-refractivity contribution in [2.45, 2.75) is 133 Å². The number of esters is 1. The molecule has 3 saturated carbocycles. The van der Waals surface area contributed by atoms with Crippen LogP contribution >= 0.6 is 0 Å². The Balaban J connectivity index is 1.34. The van der Waals surface area contributed by atoms with Gasteiger partial charge in [0.15, 0.2) is 6.29 Å². The lowest BCUT2D eigenvalue weighted by Gasteiger charge is -2.66. The zero-order valence-corrected chi connectivity index (χ0v) is 25.1. The molecule has 6 rings (SSSR count). The van der Waals surface area contributed by atoms with E-state index < -0.39 is 76.5 Å². The van der Waals surface area contributed by atoms with Crippen LogP contribution in [0.5, 0.6) is 0 Å². The first-order valence-electron chi connectivity index (χ1n) is 15.4. The van der Waals surface area contributed by atoms with E-state index in [1.807, 2.05) is 13.0 Å². The van der Waals surface area contributed by atoms with Crippen LogP contribution in [-0.4, -0.2) is 85.6 Å². The predicted octanol–water partition coefficient (Wildman–Crippen LogP) is 1.67. The molecular formula is C32H44O11. The summed E-state index contributed by atoms with van der Waals surface area (Å²) in [5.74, 6) is -0.978. The van der Waals surface area contributed by atoms with E-state index in [1.165, 1.54) is 19.3 Å². The van der Waals surface area contributed by atoms with Crippen molar-refractivity contribution in [2.75, 3.05) is 0 Å². The van der Waals surface area contributed by atoms with Gasteiger partial charge in [0.1, 0.15) is 30.0 Å². The summed E-state index contributed by atoms with van der Waals surface area (Å²) in [6, 6.07) is 3.12. The van der Waals surface area contributed by atoms with Crippen molar-refractivity contribution >= 4 is 5.97 Å². The number of fused-ring (bicyclic) bond motifs is 5. The van der Waals surface area contributed by atoms with E-state index in [9.17, 15) is 35.1 Å². The maximum absolute atomic E-state index is 12.7. The fourth-order valence-corrected chi connectivity index (χ4v) is 9.58. The lowest BCUT2D eigenvalue weighted by Crippen LogP contribution is -2.73. The summed E-state index contributed by atoms with van der Waals surface area (Å²) in [7, 11) is 0. The Bertz CT molecular complexity index is 1320. The van der Waals surface area contributed by atoms with E-state index in [0.717, 1.165) is 11.1 Å². The molecule has 4 fully saturated rings. The molecule has 13 atom stereocenters. The van der Waals surface area contributed by atoms with Crippen molar-refractivity contribution in [3.8, 4) is 0 Å². The van der Waals surface area contributed by atoms with E-state index in [2.05, 4.69) is 6.92 Å². The topological polar surface area (TPSA) is 176 Å². The Morgan fingerprint density at radius 3 is 2.42 bits per heavy atom. The molecule has 1 aromatic heterocycles. The summed E-state index contributed by atoms with van der Waals surface area (Å²) in [6.07, 6.45) is -0.765. The molecule has 0 spiro atoms. The number of rotatable bonds is 4. The van der Waals surface area contributed by atoms with Crippen LogP contribution in [-0.2, 0) is 19.0 Å². The second-order valence-electron chi connectivity index (χ2n) is 14.0. The Hall–Kier alpha value is -2.12. The second kappa shape index (κ2) is 10.5. The smallest absolute Gasteiger partial charge is 0.335 e. The zero-order chi connectivity index (χ0) is 31.1. The van der Waals surface area contributed by atoms with Crippen LogP contribution in [0.2, 0.25) is 0 Å². The molecule has 0 bridgehead atoms. The maximum Gasteiger partial charge on any atom is 0.335 e. The van der Waals surface area contributed by atoms with E-state index in [0.29, 0.717) is 38.5 Å². The highest BCUT2D eigenvalue weighted by molar-refractivity contribution is 5.66. The second-order valence-corrected chi connectivity index (χ2v) is 14.0. The molecule has 11 nitrogen and oxygen atoms in total. The van der Waals surface area contributed by atoms with Gasteiger partial charge in [0.05, 0.1) is 24.1 Å². The maximum atomic E-state index is 12.7. The molecule has 5 aliphatic rings. The van der Waals surface area contributed by atoms with Crippen molar-refractivity contribution in [3.05, 3.63) is 46.0 Å². The van der Waals surface area contributed by atoms with Crippen molar-refractivity contribution in [3.63, 3.8) is 0 Å². The molecule has 13 unspecified atom stereocenters. The molecule has 43 heavy (non-hydrogen) atoms. The van der Waals surface area contributed by atoms with Gasteiger partial charge in [-0.25, -0.2) is 4.79 Å². The third-order valence-corrected chi connectivity index (χ3v) is 11.9. The molecule has 11 heteroatoms. The summed E-state index contributed by atoms with van der Waals surface area (Å²) in [6.45, 7) is 6.97. The first kappa shape index (κ1) is 30.9. The van der Waals surface area contributed by atoms with E-state index in [4.69, 9.17) is 18.6 Å². The van der Waals surface area contributed by atoms with Crippen molar-refractivity contribution in [2.24, 2.45) is 16.7 Å². The average Bonchev–Trinajstić information content (AvgIpc) is 3.23. The summed E-state index contributed by atoms with van der Waals surface area (Å²) in [4.78, 5) is 24.0. The molecule has 1 aromatic rings. The van der Waals surface area contributed by atoms with Crippen molar-refractivity contribution in [1.29, 1.82) is 0 Å². The summed E-state index contributed by atoms with van der Waals surface area (Å²) in [5, 5.41) is 56.2. The molecule has 0 amide bonds. The van der Waals surface area contributed by atoms with Gasteiger partial charge in [-0.2, -0.15) is 0 Å². The Morgan fingerprint density at radius 2 is 1.74 bits per heavy atom. The molecule has 2 heterocycles. The minimum atomic E-state index is -1.57. The summed E-state index contributed by atoms with van der Waals surface area (Å²) in [5.41, 5.74) is -3.22. The van der Waals surface area contributed by atoms with Gasteiger partial charge < -0.3 is 44.2 Å². The number of aliphatic hydroxyl groups is 5. The monoisotopic (exact) mass is 604 g/mol. The van der Waals surface area contributed by atoms with Gasteiger partial charge in [-0.15, -0.1) is 0 Å². The van der Waals surface area contributed by atoms with Crippen LogP contribution in [0.3, 0.4) is 0 Å². The highest BCUT2D eigenvalue weighted by Gasteiger charge is 2.75. The average molecular weight is 605 g/mol. The fourth-order valence-electron chi connectivity index (χ4n) is 9.58. The number of hydrogen-bond donors (Lipinski definition) is 5. The van der Waals surface area contributed by atoms with Gasteiger partial charge in [0, 0.05) is 24.8 Å². The minimum Gasteiger partial charge on any atom is -0.458 e. The van der Waals surface area contributed by atoms with E-state index in [1.54, 1.807) is 13.0 Å². The molecule has 5 N–H and O–H groups in total. The highest BCUT2D eigenvalue weighted by Crippen LogP contribution is 2.71. The van der Waals surface area contributed by atoms with Gasteiger partial charge in [0.25, 0.3) is 0 Å². The normalized spacial score (nSPS) is 49.3. The van der Waals surface area contributed by atoms with Crippen molar-refractivity contribution < 1.29 is 49.0 Å². The van der Waals surface area contributed by atoms with Gasteiger partial charge in [-0.1, -0.05) is 19.9 Å². The van der Waals surface area contributed by atoms with Crippen LogP contribution in [0.4, 0.5) is 0 Å². The van der Waals surface area contributed by atoms with Crippen LogP contribution < -0.4 is 5.63 Å². The minimum absolute atomic E-state index is 0.0125. The molecule has 1 saturated heterocycles. The first-order valence-corrected chi connectivity index (χ1v) is 15.4. The number of hydrogen-bond acceptors (Lipinski definition) is 11. The molecular weight excluding hydrogens is 560 g/mol. The Morgan fingerprint density at radius 1 is 1.00 bits per heavy atom. The number of aliphatic hydroxyl groups excluding tert-OH is 3. The molecule has 1 aliphatic heterocycles. The van der Waals surface area contributed by atoms with Gasteiger partial charge in [0.2, 0.25) is 0 Å². The highest BCUT2D eigenvalue weighted by atomic mass is 16.7. The summed E-state index contributed by atoms with van der Waals surface area (Å²) >= 11 is 0. The third kappa shape index (κ3) is 4.49. The van der Waals surface area contributed by atoms with Crippen LogP contribution in [0.15, 0.2) is 39.3 Å². The third-order valence-electron chi connectivity index (χ3n) is 11.9. The van der Waals surface area contributed by atoms with E-state index in [-0.39, 0.29) is 18.3 Å². The van der Waals surface area contributed by atoms with Crippen LogP contribution in [0, 0.1) is 16.7 Å². The molecule has 0 aromatic carbocycles. The number of carbonyl (C=O) groups excluding carboxylic acids is 1. The summed E-state index contributed by atoms with van der Waals surface area (Å²) < 4.78 is 22.8. The van der Waals surface area contributed by atoms with Gasteiger partial charge >= 0.3 is 11.6 Å².